The van der Waals surface area contributed by atoms with E-state index in [-0.39, 0.29) is 18.0 Å². The number of benzene rings is 2. The van der Waals surface area contributed by atoms with Crippen LogP contribution in [0.25, 0.3) is 16.6 Å². The predicted octanol–water partition coefficient (Wildman–Crippen LogP) is 0.564. The van der Waals surface area contributed by atoms with Gasteiger partial charge in [0.15, 0.2) is 0 Å². The van der Waals surface area contributed by atoms with E-state index in [2.05, 4.69) is 5.32 Å². The van der Waals surface area contributed by atoms with Gasteiger partial charge in [-0.05, 0) is 43.2 Å². The number of rotatable bonds is 6. The average Bonchev–Trinajstić information content (AvgIpc) is 3.28. The first-order valence-electron chi connectivity index (χ1n) is 10.9. The number of carbonyl (C=O) groups is 1. The largest absolute Gasteiger partial charge is 0.349 e. The maximum absolute atomic E-state index is 13.4. The first kappa shape index (κ1) is 21.1. The Balaban J connectivity index is 1.71. The summed E-state index contributed by atoms with van der Waals surface area (Å²) in [4.78, 5) is 40.8. The average molecular weight is 422 g/mol. The molecule has 3 aromatic rings. The van der Waals surface area contributed by atoms with Gasteiger partial charge in [0.05, 0.1) is 42.8 Å². The molecular formula is C24H29N4O3+. The second-order valence-electron chi connectivity index (χ2n) is 8.30. The van der Waals surface area contributed by atoms with Crippen LogP contribution in [0.3, 0.4) is 0 Å². The number of amides is 1. The van der Waals surface area contributed by atoms with Crippen LogP contribution in [0.1, 0.15) is 24.0 Å². The second-order valence-corrected chi connectivity index (χ2v) is 8.30. The van der Waals surface area contributed by atoms with Gasteiger partial charge in [-0.3, -0.25) is 14.2 Å². The summed E-state index contributed by atoms with van der Waals surface area (Å²) in [7, 11) is 0. The molecule has 7 heteroatoms. The van der Waals surface area contributed by atoms with Crippen LogP contribution in [-0.2, 0) is 11.3 Å². The summed E-state index contributed by atoms with van der Waals surface area (Å²) in [5.74, 6) is -0.225. The molecule has 0 aliphatic carbocycles. The lowest BCUT2D eigenvalue weighted by atomic mass is 10.1. The van der Waals surface area contributed by atoms with Gasteiger partial charge in [0.1, 0.15) is 6.54 Å². The zero-order chi connectivity index (χ0) is 22.0. The summed E-state index contributed by atoms with van der Waals surface area (Å²) in [6, 6.07) is 12.5. The summed E-state index contributed by atoms with van der Waals surface area (Å²) >= 11 is 0. The van der Waals surface area contributed by atoms with E-state index in [1.54, 1.807) is 30.3 Å². The summed E-state index contributed by atoms with van der Waals surface area (Å²) in [5.41, 5.74) is 2.00. The predicted molar refractivity (Wildman–Crippen MR) is 121 cm³/mol. The minimum absolute atomic E-state index is 0.125. The van der Waals surface area contributed by atoms with Crippen molar-refractivity contribution in [3.8, 4) is 5.69 Å². The van der Waals surface area contributed by atoms with Gasteiger partial charge in [-0.2, -0.15) is 0 Å². The molecule has 2 N–H and O–H groups in total. The topological polar surface area (TPSA) is 77.5 Å². The monoisotopic (exact) mass is 421 g/mol. The molecule has 0 bridgehead atoms. The number of hydrogen-bond donors (Lipinski definition) is 2. The molecule has 1 amide bonds. The molecule has 0 spiro atoms. The van der Waals surface area contributed by atoms with E-state index in [1.165, 1.54) is 26.9 Å². The summed E-state index contributed by atoms with van der Waals surface area (Å²) < 4.78 is 2.59. The van der Waals surface area contributed by atoms with Crippen LogP contribution in [0.2, 0.25) is 0 Å². The number of nitrogens with one attached hydrogen (secondary N) is 2. The van der Waals surface area contributed by atoms with E-state index in [0.717, 1.165) is 30.8 Å². The molecule has 1 aliphatic rings. The molecule has 1 fully saturated rings. The Labute approximate surface area is 180 Å². The Morgan fingerprint density at radius 2 is 1.77 bits per heavy atom. The fraction of sp³-hybridized carbons (Fsp3) is 0.375. The van der Waals surface area contributed by atoms with Gasteiger partial charge in [-0.15, -0.1) is 0 Å². The third-order valence-corrected chi connectivity index (χ3v) is 6.28. The molecular weight excluding hydrogens is 392 g/mol. The number of aromatic nitrogens is 2. The van der Waals surface area contributed by atoms with Crippen molar-refractivity contribution in [1.82, 2.24) is 14.5 Å². The number of carbonyl (C=O) groups excluding carboxylic acids is 1. The quantitative estimate of drug-likeness (QED) is 0.611. The molecule has 162 valence electrons. The number of likely N-dealkylation sites (tertiary alicyclic amines) is 1. The van der Waals surface area contributed by atoms with Crippen molar-refractivity contribution in [2.45, 2.75) is 33.2 Å². The third kappa shape index (κ3) is 4.18. The van der Waals surface area contributed by atoms with E-state index >= 15 is 0 Å². The van der Waals surface area contributed by atoms with Crippen LogP contribution < -0.4 is 21.5 Å². The van der Waals surface area contributed by atoms with E-state index in [1.807, 2.05) is 26.0 Å². The first-order valence-corrected chi connectivity index (χ1v) is 10.9. The molecule has 1 aliphatic heterocycles. The number of para-hydroxylation sites is 1. The molecule has 4 rings (SSSR count). The summed E-state index contributed by atoms with van der Waals surface area (Å²) in [6.07, 6.45) is 2.48. The highest BCUT2D eigenvalue weighted by atomic mass is 16.2. The van der Waals surface area contributed by atoms with E-state index < -0.39 is 5.69 Å². The van der Waals surface area contributed by atoms with Gasteiger partial charge in [0, 0.05) is 12.8 Å². The smallest absolute Gasteiger partial charge is 0.336 e. The van der Waals surface area contributed by atoms with Crippen molar-refractivity contribution in [2.24, 2.45) is 0 Å². The molecule has 2 aromatic carbocycles. The number of hydrogen-bond acceptors (Lipinski definition) is 3. The minimum atomic E-state index is -0.502. The van der Waals surface area contributed by atoms with Gasteiger partial charge in [0.2, 0.25) is 5.91 Å². The Bertz CT molecular complexity index is 1240. The standard InChI is InChI=1S/C24H28N4O3/c1-17-8-7-11-20(18(17)2)28-23(30)19-9-3-4-10-21(19)27(24(28)31)16-22(29)25-12-15-26-13-5-6-14-26/h3-4,7-11H,5-6,12-16H2,1-2H3,(H,25,29)/p+1. The fourth-order valence-electron chi connectivity index (χ4n) is 4.37. The maximum atomic E-state index is 13.4. The van der Waals surface area contributed by atoms with Crippen LogP contribution in [-0.4, -0.2) is 41.2 Å². The molecule has 2 heterocycles. The molecule has 0 radical (unpaired) electrons. The fourth-order valence-corrected chi connectivity index (χ4v) is 4.37. The van der Waals surface area contributed by atoms with Gasteiger partial charge in [-0.1, -0.05) is 24.3 Å². The highest BCUT2D eigenvalue weighted by Gasteiger charge is 2.19. The molecule has 0 saturated carbocycles. The summed E-state index contributed by atoms with van der Waals surface area (Å²) in [5, 5.41) is 3.35. The van der Waals surface area contributed by atoms with Gasteiger partial charge < -0.3 is 10.2 Å². The number of nitrogens with zero attached hydrogens (tertiary/aromatic N) is 2. The van der Waals surface area contributed by atoms with Crippen molar-refractivity contribution in [1.29, 1.82) is 0 Å². The van der Waals surface area contributed by atoms with Crippen molar-refractivity contribution < 1.29 is 9.69 Å². The molecule has 1 aromatic heterocycles. The molecule has 0 atom stereocenters. The third-order valence-electron chi connectivity index (χ3n) is 6.28. The minimum Gasteiger partial charge on any atom is -0.349 e. The first-order chi connectivity index (χ1) is 15.0. The molecule has 0 unspecified atom stereocenters. The van der Waals surface area contributed by atoms with E-state index in [4.69, 9.17) is 0 Å². The maximum Gasteiger partial charge on any atom is 0.336 e. The molecule has 7 nitrogen and oxygen atoms in total. The van der Waals surface area contributed by atoms with E-state index in [9.17, 15) is 14.4 Å². The summed E-state index contributed by atoms with van der Waals surface area (Å²) in [6.45, 7) is 7.49. The van der Waals surface area contributed by atoms with Crippen LogP contribution in [0.4, 0.5) is 0 Å². The van der Waals surface area contributed by atoms with Crippen molar-refractivity contribution in [3.63, 3.8) is 0 Å². The van der Waals surface area contributed by atoms with Crippen LogP contribution >= 0.6 is 0 Å². The second kappa shape index (κ2) is 8.89. The van der Waals surface area contributed by atoms with Gasteiger partial charge in [-0.25, -0.2) is 9.36 Å². The van der Waals surface area contributed by atoms with Crippen molar-refractivity contribution in [3.05, 3.63) is 74.4 Å². The van der Waals surface area contributed by atoms with Gasteiger partial charge >= 0.3 is 5.69 Å². The lowest BCUT2D eigenvalue weighted by Gasteiger charge is -2.16. The Kier molecular flexibility index (Phi) is 6.04. The molecule has 31 heavy (non-hydrogen) atoms. The highest BCUT2D eigenvalue weighted by Crippen LogP contribution is 2.16. The zero-order valence-electron chi connectivity index (χ0n) is 18.1. The number of aryl methyl sites for hydroxylation is 1. The lowest BCUT2D eigenvalue weighted by molar-refractivity contribution is -0.886. The van der Waals surface area contributed by atoms with Crippen LogP contribution in [0.15, 0.2) is 52.1 Å². The van der Waals surface area contributed by atoms with Crippen LogP contribution in [0.5, 0.6) is 0 Å². The lowest BCUT2D eigenvalue weighted by Crippen LogP contribution is -3.10. The van der Waals surface area contributed by atoms with Crippen LogP contribution in [0, 0.1) is 13.8 Å². The number of fused-ring (bicyclic) bond motifs is 1. The zero-order valence-corrected chi connectivity index (χ0v) is 18.1. The molecule has 1 saturated heterocycles. The van der Waals surface area contributed by atoms with Crippen molar-refractivity contribution >= 4 is 16.8 Å². The normalized spacial score (nSPS) is 14.3. The highest BCUT2D eigenvalue weighted by molar-refractivity contribution is 5.82. The Morgan fingerprint density at radius 3 is 2.55 bits per heavy atom. The Morgan fingerprint density at radius 1 is 1.03 bits per heavy atom. The van der Waals surface area contributed by atoms with Crippen molar-refractivity contribution in [2.75, 3.05) is 26.2 Å². The Hall–Kier alpha value is -3.19. The van der Waals surface area contributed by atoms with Gasteiger partial charge in [0.25, 0.3) is 5.56 Å². The number of quaternary nitrogens is 1. The SMILES string of the molecule is Cc1cccc(-n2c(=O)c3ccccc3n(CC(=O)NCC[NH+]3CCCC3)c2=O)c1C. The van der Waals surface area contributed by atoms with E-state index in [0.29, 0.717) is 23.1 Å².